The van der Waals surface area contributed by atoms with Crippen molar-refractivity contribution in [2.24, 2.45) is 0 Å². The predicted molar refractivity (Wildman–Crippen MR) is 84.9 cm³/mol. The Bertz CT molecular complexity index is 513. The molecule has 1 amide bonds. The van der Waals surface area contributed by atoms with Crippen LogP contribution in [0.25, 0.3) is 0 Å². The highest BCUT2D eigenvalue weighted by molar-refractivity contribution is 5.81. The predicted octanol–water partition coefficient (Wildman–Crippen LogP) is 3.83. The van der Waals surface area contributed by atoms with E-state index in [1.165, 1.54) is 6.07 Å². The Hall–Kier alpha value is -1.56. The molecule has 1 aromatic rings. The van der Waals surface area contributed by atoms with Crippen molar-refractivity contribution in [3.8, 4) is 0 Å². The molecule has 0 saturated heterocycles. The van der Waals surface area contributed by atoms with E-state index >= 15 is 0 Å². The van der Waals surface area contributed by atoms with Crippen LogP contribution in [0.15, 0.2) is 24.3 Å². The van der Waals surface area contributed by atoms with Gasteiger partial charge < -0.3 is 5.32 Å². The highest BCUT2D eigenvalue weighted by atomic mass is 19.4. The van der Waals surface area contributed by atoms with E-state index in [2.05, 4.69) is 5.32 Å². The largest absolute Gasteiger partial charge is 0.416 e. The number of carbonyl (C=O) groups is 1. The lowest BCUT2D eigenvalue weighted by Crippen LogP contribution is -2.46. The molecule has 1 aromatic carbocycles. The molecule has 0 aliphatic rings. The molecular formula is C17H25F3N2O. The zero-order valence-electron chi connectivity index (χ0n) is 14.1. The van der Waals surface area contributed by atoms with Gasteiger partial charge in [-0.3, -0.25) is 9.69 Å². The molecule has 0 fully saturated rings. The second-order valence-electron chi connectivity index (χ2n) is 5.81. The lowest BCUT2D eigenvalue weighted by molar-refractivity contribution is -0.137. The van der Waals surface area contributed by atoms with Crippen LogP contribution < -0.4 is 5.32 Å². The quantitative estimate of drug-likeness (QED) is 0.824. The van der Waals surface area contributed by atoms with Gasteiger partial charge in [-0.15, -0.1) is 0 Å². The first kappa shape index (κ1) is 19.5. The van der Waals surface area contributed by atoms with Crippen LogP contribution >= 0.6 is 0 Å². The summed E-state index contributed by atoms with van der Waals surface area (Å²) in [7, 11) is 1.73. The highest BCUT2D eigenvalue weighted by Gasteiger charge is 2.30. The van der Waals surface area contributed by atoms with Crippen molar-refractivity contribution in [1.29, 1.82) is 0 Å². The molecule has 0 aliphatic heterocycles. The molecule has 130 valence electrons. The Labute approximate surface area is 135 Å². The third-order valence-electron chi connectivity index (χ3n) is 4.06. The van der Waals surface area contributed by atoms with Gasteiger partial charge in [0, 0.05) is 12.6 Å². The van der Waals surface area contributed by atoms with Crippen LogP contribution in [0.2, 0.25) is 0 Å². The molecule has 0 aromatic heterocycles. The van der Waals surface area contributed by atoms with E-state index in [0.29, 0.717) is 5.56 Å². The fourth-order valence-electron chi connectivity index (χ4n) is 2.29. The van der Waals surface area contributed by atoms with E-state index in [9.17, 15) is 18.0 Å². The summed E-state index contributed by atoms with van der Waals surface area (Å²) in [6.45, 7) is 6.05. The van der Waals surface area contributed by atoms with Gasteiger partial charge >= 0.3 is 6.18 Å². The van der Waals surface area contributed by atoms with Crippen LogP contribution in [0.5, 0.6) is 0 Å². The van der Waals surface area contributed by atoms with E-state index in [1.807, 2.05) is 13.8 Å². The maximum Gasteiger partial charge on any atom is 0.416 e. The van der Waals surface area contributed by atoms with Gasteiger partial charge in [0.25, 0.3) is 0 Å². The minimum Gasteiger partial charge on any atom is -0.352 e. The van der Waals surface area contributed by atoms with Crippen molar-refractivity contribution in [2.75, 3.05) is 7.05 Å². The monoisotopic (exact) mass is 330 g/mol. The Morgan fingerprint density at radius 3 is 2.39 bits per heavy atom. The second kappa shape index (κ2) is 8.34. The number of rotatable bonds is 7. The number of nitrogens with one attached hydrogen (secondary N) is 1. The minimum atomic E-state index is -4.35. The molecule has 1 N–H and O–H groups in total. The first-order chi connectivity index (χ1) is 10.7. The summed E-state index contributed by atoms with van der Waals surface area (Å²) in [6, 6.07) is 4.92. The molecule has 0 radical (unpaired) electrons. The summed E-state index contributed by atoms with van der Waals surface area (Å²) in [5, 5.41) is 2.96. The SMILES string of the molecule is CCC(CC)NC(=O)C(C)N(C)Cc1cccc(C(F)(F)F)c1. The van der Waals surface area contributed by atoms with Crippen LogP contribution in [0.3, 0.4) is 0 Å². The molecule has 0 saturated carbocycles. The molecule has 6 heteroatoms. The number of hydrogen-bond acceptors (Lipinski definition) is 2. The summed E-state index contributed by atoms with van der Waals surface area (Å²) in [5.41, 5.74) is -0.137. The lowest BCUT2D eigenvalue weighted by Gasteiger charge is -2.26. The molecule has 0 aliphatic carbocycles. The third-order valence-corrected chi connectivity index (χ3v) is 4.06. The number of nitrogens with zero attached hydrogens (tertiary/aromatic N) is 1. The van der Waals surface area contributed by atoms with Crippen LogP contribution in [0, 0.1) is 0 Å². The molecule has 23 heavy (non-hydrogen) atoms. The molecule has 0 bridgehead atoms. The fraction of sp³-hybridized carbons (Fsp3) is 0.588. The van der Waals surface area contributed by atoms with Crippen LogP contribution in [-0.2, 0) is 17.5 Å². The van der Waals surface area contributed by atoms with Gasteiger partial charge in [-0.2, -0.15) is 13.2 Å². The van der Waals surface area contributed by atoms with Crippen LogP contribution in [0.4, 0.5) is 13.2 Å². The highest BCUT2D eigenvalue weighted by Crippen LogP contribution is 2.29. The second-order valence-corrected chi connectivity index (χ2v) is 5.81. The normalized spacial score (nSPS) is 13.4. The summed E-state index contributed by atoms with van der Waals surface area (Å²) < 4.78 is 38.2. The number of amides is 1. The molecular weight excluding hydrogens is 305 g/mol. The molecule has 1 unspecified atom stereocenters. The number of benzene rings is 1. The van der Waals surface area contributed by atoms with Crippen molar-refractivity contribution in [2.45, 2.75) is 58.4 Å². The average Bonchev–Trinajstić information content (AvgIpc) is 2.50. The summed E-state index contributed by atoms with van der Waals surface area (Å²) in [4.78, 5) is 13.9. The summed E-state index contributed by atoms with van der Waals surface area (Å²) >= 11 is 0. The minimum absolute atomic E-state index is 0.104. The molecule has 0 spiro atoms. The van der Waals surface area contributed by atoms with Gasteiger partial charge in [-0.05, 0) is 38.4 Å². The van der Waals surface area contributed by atoms with Crippen molar-refractivity contribution >= 4 is 5.91 Å². The van der Waals surface area contributed by atoms with Gasteiger partial charge in [0.15, 0.2) is 0 Å². The van der Waals surface area contributed by atoms with Gasteiger partial charge in [0.1, 0.15) is 0 Å². The van der Waals surface area contributed by atoms with Crippen molar-refractivity contribution in [1.82, 2.24) is 10.2 Å². The number of halogens is 3. The molecule has 1 atom stereocenters. The third kappa shape index (κ3) is 5.86. The first-order valence-electron chi connectivity index (χ1n) is 7.85. The van der Waals surface area contributed by atoms with Gasteiger partial charge in [-0.1, -0.05) is 32.0 Å². The van der Waals surface area contributed by atoms with E-state index in [4.69, 9.17) is 0 Å². The zero-order valence-corrected chi connectivity index (χ0v) is 14.1. The number of likely N-dealkylation sites (N-methyl/N-ethyl adjacent to an activating group) is 1. The first-order valence-corrected chi connectivity index (χ1v) is 7.85. The van der Waals surface area contributed by atoms with E-state index in [-0.39, 0.29) is 18.5 Å². The van der Waals surface area contributed by atoms with Crippen molar-refractivity contribution < 1.29 is 18.0 Å². The Balaban J connectivity index is 2.71. The fourth-order valence-corrected chi connectivity index (χ4v) is 2.29. The summed E-state index contributed by atoms with van der Waals surface area (Å²) in [5.74, 6) is -0.104. The van der Waals surface area contributed by atoms with Crippen LogP contribution in [-0.4, -0.2) is 29.9 Å². The van der Waals surface area contributed by atoms with Gasteiger partial charge in [0.2, 0.25) is 5.91 Å². The van der Waals surface area contributed by atoms with Crippen molar-refractivity contribution in [3.05, 3.63) is 35.4 Å². The maximum absolute atomic E-state index is 12.7. The Morgan fingerprint density at radius 1 is 1.26 bits per heavy atom. The van der Waals surface area contributed by atoms with E-state index in [1.54, 1.807) is 24.9 Å². The van der Waals surface area contributed by atoms with E-state index in [0.717, 1.165) is 25.0 Å². The standard InChI is InChI=1S/C17H25F3N2O/c1-5-15(6-2)21-16(23)12(3)22(4)11-13-8-7-9-14(10-13)17(18,19)20/h7-10,12,15H,5-6,11H2,1-4H3,(H,21,23). The molecule has 1 rings (SSSR count). The smallest absolute Gasteiger partial charge is 0.352 e. The molecule has 3 nitrogen and oxygen atoms in total. The average molecular weight is 330 g/mol. The topological polar surface area (TPSA) is 32.3 Å². The summed E-state index contributed by atoms with van der Waals surface area (Å²) in [6.07, 6.45) is -2.65. The van der Waals surface area contributed by atoms with Crippen molar-refractivity contribution in [3.63, 3.8) is 0 Å². The number of carbonyl (C=O) groups excluding carboxylic acids is 1. The van der Waals surface area contributed by atoms with Gasteiger partial charge in [-0.25, -0.2) is 0 Å². The Morgan fingerprint density at radius 2 is 1.87 bits per heavy atom. The maximum atomic E-state index is 12.7. The lowest BCUT2D eigenvalue weighted by atomic mass is 10.1. The van der Waals surface area contributed by atoms with Gasteiger partial charge in [0.05, 0.1) is 11.6 Å². The van der Waals surface area contributed by atoms with E-state index < -0.39 is 17.8 Å². The zero-order chi connectivity index (χ0) is 17.6. The number of alkyl halides is 3. The number of hydrogen-bond donors (Lipinski definition) is 1. The molecule has 0 heterocycles. The Kier molecular flexibility index (Phi) is 7.06. The van der Waals surface area contributed by atoms with Crippen LogP contribution in [0.1, 0.15) is 44.7 Å².